The normalized spacial score (nSPS) is 12.9. The average molecular weight is 171 g/mol. The zero-order chi connectivity index (χ0) is 9.40. The van der Waals surface area contributed by atoms with Gasteiger partial charge in [0.25, 0.3) is 0 Å². The van der Waals surface area contributed by atoms with Crippen LogP contribution in [-0.2, 0) is 4.79 Å². The van der Waals surface area contributed by atoms with Crippen molar-refractivity contribution in [2.45, 2.75) is 58.4 Å². The molecule has 12 heavy (non-hydrogen) atoms. The van der Waals surface area contributed by atoms with Crippen molar-refractivity contribution in [2.24, 2.45) is 5.73 Å². The summed E-state index contributed by atoms with van der Waals surface area (Å²) < 4.78 is 0. The minimum Gasteiger partial charge on any atom is -0.322 e. The van der Waals surface area contributed by atoms with E-state index in [1.165, 1.54) is 25.7 Å². The minimum atomic E-state index is -0.267. The van der Waals surface area contributed by atoms with Crippen molar-refractivity contribution in [1.29, 1.82) is 0 Å². The molecule has 0 aliphatic heterocycles. The highest BCUT2D eigenvalue weighted by Gasteiger charge is 2.05. The number of carbonyl (C=O) groups excluding carboxylic acids is 1. The molecule has 0 aromatic carbocycles. The fraction of sp³-hybridized carbons (Fsp3) is 0.900. The lowest BCUT2D eigenvalue weighted by molar-refractivity contribution is -0.120. The van der Waals surface area contributed by atoms with Crippen LogP contribution in [0.25, 0.3) is 0 Å². The first-order chi connectivity index (χ1) is 5.68. The van der Waals surface area contributed by atoms with Crippen LogP contribution in [0.5, 0.6) is 0 Å². The van der Waals surface area contributed by atoms with E-state index in [4.69, 9.17) is 5.73 Å². The number of nitrogens with two attached hydrogens (primary N) is 1. The largest absolute Gasteiger partial charge is 0.322 e. The maximum Gasteiger partial charge on any atom is 0.149 e. The van der Waals surface area contributed by atoms with Gasteiger partial charge in [0.15, 0.2) is 0 Å². The molecule has 0 aliphatic carbocycles. The number of unbranched alkanes of at least 4 members (excludes halogenated alkanes) is 4. The third kappa shape index (κ3) is 6.35. The highest BCUT2D eigenvalue weighted by molar-refractivity contribution is 5.83. The third-order valence-electron chi connectivity index (χ3n) is 2.03. The molecule has 0 aliphatic rings. The van der Waals surface area contributed by atoms with Crippen LogP contribution in [0.2, 0.25) is 0 Å². The van der Waals surface area contributed by atoms with Crippen LogP contribution in [0.3, 0.4) is 0 Å². The third-order valence-corrected chi connectivity index (χ3v) is 2.03. The maximum atomic E-state index is 11.1. The van der Waals surface area contributed by atoms with Gasteiger partial charge in [0.05, 0.1) is 6.04 Å². The van der Waals surface area contributed by atoms with E-state index in [1.54, 1.807) is 6.92 Å². The summed E-state index contributed by atoms with van der Waals surface area (Å²) in [7, 11) is 0. The monoisotopic (exact) mass is 171 g/mol. The van der Waals surface area contributed by atoms with E-state index >= 15 is 0 Å². The second-order valence-corrected chi connectivity index (χ2v) is 3.42. The molecule has 0 rings (SSSR count). The van der Waals surface area contributed by atoms with Crippen molar-refractivity contribution in [3.8, 4) is 0 Å². The number of hydrogen-bond acceptors (Lipinski definition) is 2. The van der Waals surface area contributed by atoms with Crippen LogP contribution in [-0.4, -0.2) is 11.8 Å². The summed E-state index contributed by atoms with van der Waals surface area (Å²) in [5, 5.41) is 0. The molecule has 0 heterocycles. The van der Waals surface area contributed by atoms with Gasteiger partial charge in [-0.3, -0.25) is 4.79 Å². The fourth-order valence-electron chi connectivity index (χ4n) is 1.13. The molecule has 2 heteroatoms. The minimum absolute atomic E-state index is 0.200. The zero-order valence-electron chi connectivity index (χ0n) is 8.31. The molecular weight excluding hydrogens is 150 g/mol. The first kappa shape index (κ1) is 11.6. The molecule has 0 radical (unpaired) electrons. The summed E-state index contributed by atoms with van der Waals surface area (Å²) in [5.74, 6) is 0.200. The van der Waals surface area contributed by atoms with Crippen molar-refractivity contribution in [2.75, 3.05) is 0 Å². The van der Waals surface area contributed by atoms with Crippen molar-refractivity contribution in [3.63, 3.8) is 0 Å². The zero-order valence-corrected chi connectivity index (χ0v) is 8.31. The van der Waals surface area contributed by atoms with E-state index < -0.39 is 0 Å². The van der Waals surface area contributed by atoms with Crippen LogP contribution in [0.4, 0.5) is 0 Å². The second-order valence-electron chi connectivity index (χ2n) is 3.42. The van der Waals surface area contributed by atoms with Gasteiger partial charge < -0.3 is 5.73 Å². The van der Waals surface area contributed by atoms with Gasteiger partial charge >= 0.3 is 0 Å². The molecule has 0 aromatic rings. The summed E-state index contributed by atoms with van der Waals surface area (Å²) >= 11 is 0. The Balaban J connectivity index is 3.14. The highest BCUT2D eigenvalue weighted by atomic mass is 16.1. The van der Waals surface area contributed by atoms with Crippen molar-refractivity contribution in [3.05, 3.63) is 0 Å². The number of hydrogen-bond donors (Lipinski definition) is 1. The molecule has 0 amide bonds. The first-order valence-corrected chi connectivity index (χ1v) is 4.96. The molecule has 0 aromatic heterocycles. The molecule has 0 saturated carbocycles. The Kier molecular flexibility index (Phi) is 7.06. The Bertz CT molecular complexity index is 121. The first-order valence-electron chi connectivity index (χ1n) is 4.96. The lowest BCUT2D eigenvalue weighted by atomic mass is 10.1. The Hall–Kier alpha value is -0.370. The molecule has 1 atom stereocenters. The number of Topliss-reactive ketones (excluding diaryl/α,β-unsaturated/α-hetero) is 1. The molecular formula is C10H21NO. The van der Waals surface area contributed by atoms with Gasteiger partial charge in [-0.15, -0.1) is 0 Å². The van der Waals surface area contributed by atoms with Crippen LogP contribution in [0, 0.1) is 0 Å². The topological polar surface area (TPSA) is 43.1 Å². The van der Waals surface area contributed by atoms with Crippen LogP contribution in [0.1, 0.15) is 52.4 Å². The standard InChI is InChI=1S/C10H21NO/c1-3-4-5-6-7-8-10(12)9(2)11/h9H,3-8,11H2,1-2H3. The summed E-state index contributed by atoms with van der Waals surface area (Å²) in [6.07, 6.45) is 6.64. The number of rotatable bonds is 7. The van der Waals surface area contributed by atoms with E-state index in [9.17, 15) is 4.79 Å². The Morgan fingerprint density at radius 3 is 2.33 bits per heavy atom. The van der Waals surface area contributed by atoms with Crippen molar-refractivity contribution < 1.29 is 4.79 Å². The lowest BCUT2D eigenvalue weighted by Gasteiger charge is -2.03. The molecule has 0 fully saturated rings. The predicted molar refractivity (Wildman–Crippen MR) is 52.0 cm³/mol. The molecule has 0 spiro atoms. The van der Waals surface area contributed by atoms with Crippen LogP contribution < -0.4 is 5.73 Å². The van der Waals surface area contributed by atoms with Gasteiger partial charge in [-0.25, -0.2) is 0 Å². The van der Waals surface area contributed by atoms with Gasteiger partial charge in [-0.1, -0.05) is 32.6 Å². The summed E-state index contributed by atoms with van der Waals surface area (Å²) in [5.41, 5.74) is 5.43. The van der Waals surface area contributed by atoms with Crippen LogP contribution >= 0.6 is 0 Å². The van der Waals surface area contributed by atoms with Crippen molar-refractivity contribution in [1.82, 2.24) is 0 Å². The van der Waals surface area contributed by atoms with Gasteiger partial charge in [0.2, 0.25) is 0 Å². The molecule has 0 saturated heterocycles. The summed E-state index contributed by atoms with van der Waals surface area (Å²) in [6, 6.07) is -0.267. The van der Waals surface area contributed by atoms with Gasteiger partial charge in [-0.05, 0) is 13.3 Å². The summed E-state index contributed by atoms with van der Waals surface area (Å²) in [6.45, 7) is 3.95. The fourth-order valence-corrected chi connectivity index (χ4v) is 1.13. The smallest absolute Gasteiger partial charge is 0.149 e. The Labute approximate surface area is 75.5 Å². The van der Waals surface area contributed by atoms with E-state index in [0.717, 1.165) is 6.42 Å². The van der Waals surface area contributed by atoms with Crippen molar-refractivity contribution >= 4 is 5.78 Å². The quantitative estimate of drug-likeness (QED) is 0.597. The highest BCUT2D eigenvalue weighted by Crippen LogP contribution is 2.05. The summed E-state index contributed by atoms with van der Waals surface area (Å²) in [4.78, 5) is 11.1. The average Bonchev–Trinajstić information content (AvgIpc) is 2.03. The lowest BCUT2D eigenvalue weighted by Crippen LogP contribution is -2.26. The predicted octanol–water partition coefficient (Wildman–Crippen LogP) is 2.26. The maximum absolute atomic E-state index is 11.1. The Morgan fingerprint density at radius 1 is 1.25 bits per heavy atom. The van der Waals surface area contributed by atoms with E-state index in [2.05, 4.69) is 6.92 Å². The molecule has 72 valence electrons. The van der Waals surface area contributed by atoms with E-state index in [0.29, 0.717) is 6.42 Å². The van der Waals surface area contributed by atoms with E-state index in [1.807, 2.05) is 0 Å². The molecule has 0 bridgehead atoms. The van der Waals surface area contributed by atoms with Gasteiger partial charge in [0, 0.05) is 6.42 Å². The SMILES string of the molecule is CCCCCCCC(=O)C(C)N. The second kappa shape index (κ2) is 7.29. The molecule has 1 unspecified atom stereocenters. The number of carbonyl (C=O) groups is 1. The van der Waals surface area contributed by atoms with E-state index in [-0.39, 0.29) is 11.8 Å². The van der Waals surface area contributed by atoms with Gasteiger partial charge in [-0.2, -0.15) is 0 Å². The van der Waals surface area contributed by atoms with Crippen LogP contribution in [0.15, 0.2) is 0 Å². The molecule has 2 nitrogen and oxygen atoms in total. The number of ketones is 1. The Morgan fingerprint density at radius 2 is 1.83 bits per heavy atom. The van der Waals surface area contributed by atoms with Gasteiger partial charge in [0.1, 0.15) is 5.78 Å². The molecule has 2 N–H and O–H groups in total.